The molecule has 0 fully saturated rings. The minimum absolute atomic E-state index is 0.220. The van der Waals surface area contributed by atoms with Gasteiger partial charge in [-0.3, -0.25) is 0 Å². The van der Waals surface area contributed by atoms with E-state index in [1.54, 1.807) is 14.2 Å². The first-order chi connectivity index (χ1) is 7.76. The maximum atomic E-state index is 5.20. The number of halogens is 1. The SMILES string of the molecule is COC(Cn1cc(Br)c2ccccc21)OC. The van der Waals surface area contributed by atoms with Crippen LogP contribution >= 0.6 is 15.9 Å². The summed E-state index contributed by atoms with van der Waals surface area (Å²) in [5, 5.41) is 1.20. The zero-order valence-electron chi connectivity index (χ0n) is 9.31. The number of hydrogen-bond acceptors (Lipinski definition) is 2. The molecule has 1 heterocycles. The molecule has 0 atom stereocenters. The summed E-state index contributed by atoms with van der Waals surface area (Å²) in [5.41, 5.74) is 1.17. The van der Waals surface area contributed by atoms with E-state index in [1.807, 2.05) is 12.1 Å². The zero-order chi connectivity index (χ0) is 11.5. The molecule has 16 heavy (non-hydrogen) atoms. The van der Waals surface area contributed by atoms with Gasteiger partial charge in [-0.1, -0.05) is 18.2 Å². The first kappa shape index (κ1) is 11.6. The minimum atomic E-state index is -0.220. The highest BCUT2D eigenvalue weighted by Gasteiger charge is 2.10. The number of fused-ring (bicyclic) bond motifs is 1. The van der Waals surface area contributed by atoms with Gasteiger partial charge >= 0.3 is 0 Å². The molecule has 0 aliphatic rings. The highest BCUT2D eigenvalue weighted by molar-refractivity contribution is 9.10. The molecule has 3 nitrogen and oxygen atoms in total. The monoisotopic (exact) mass is 283 g/mol. The molecule has 0 aliphatic heterocycles. The lowest BCUT2D eigenvalue weighted by Gasteiger charge is -2.14. The lowest BCUT2D eigenvalue weighted by atomic mass is 10.2. The molecule has 2 rings (SSSR count). The van der Waals surface area contributed by atoms with E-state index in [0.717, 1.165) is 4.47 Å². The number of aromatic nitrogens is 1. The maximum absolute atomic E-state index is 5.20. The van der Waals surface area contributed by atoms with Gasteiger partial charge in [0.25, 0.3) is 0 Å². The van der Waals surface area contributed by atoms with Crippen LogP contribution in [0.25, 0.3) is 10.9 Å². The van der Waals surface area contributed by atoms with Gasteiger partial charge in [0, 0.05) is 35.8 Å². The third kappa shape index (κ3) is 2.14. The standard InChI is InChI=1S/C12H14BrNO2/c1-15-12(16-2)8-14-7-10(13)9-5-3-4-6-11(9)14/h3-7,12H,8H2,1-2H3. The Morgan fingerprint density at radius 2 is 1.94 bits per heavy atom. The van der Waals surface area contributed by atoms with Gasteiger partial charge < -0.3 is 14.0 Å². The first-order valence-corrected chi connectivity index (χ1v) is 5.84. The fourth-order valence-corrected chi connectivity index (χ4v) is 2.34. The van der Waals surface area contributed by atoms with Crippen LogP contribution in [0.1, 0.15) is 0 Å². The summed E-state index contributed by atoms with van der Waals surface area (Å²) in [6.07, 6.45) is 1.83. The van der Waals surface area contributed by atoms with Crippen LogP contribution in [0.4, 0.5) is 0 Å². The van der Waals surface area contributed by atoms with Gasteiger partial charge in [-0.15, -0.1) is 0 Å². The van der Waals surface area contributed by atoms with Crippen molar-refractivity contribution in [3.8, 4) is 0 Å². The second kappa shape index (κ2) is 4.99. The molecule has 0 spiro atoms. The first-order valence-electron chi connectivity index (χ1n) is 5.05. The van der Waals surface area contributed by atoms with Crippen LogP contribution in [0.3, 0.4) is 0 Å². The summed E-state index contributed by atoms with van der Waals surface area (Å²) >= 11 is 3.55. The molecule has 0 saturated carbocycles. The van der Waals surface area contributed by atoms with Gasteiger partial charge in [0.15, 0.2) is 6.29 Å². The van der Waals surface area contributed by atoms with Crippen LogP contribution in [0.15, 0.2) is 34.9 Å². The van der Waals surface area contributed by atoms with Crippen molar-refractivity contribution in [1.29, 1.82) is 0 Å². The summed E-state index contributed by atoms with van der Waals surface area (Å²) in [4.78, 5) is 0. The molecule has 0 saturated heterocycles. The molecule has 0 N–H and O–H groups in total. The molecule has 0 unspecified atom stereocenters. The van der Waals surface area contributed by atoms with Crippen LogP contribution in [-0.4, -0.2) is 25.1 Å². The lowest BCUT2D eigenvalue weighted by molar-refractivity contribution is -0.110. The van der Waals surface area contributed by atoms with Gasteiger partial charge in [0.1, 0.15) is 0 Å². The quantitative estimate of drug-likeness (QED) is 0.806. The van der Waals surface area contributed by atoms with Gasteiger partial charge in [-0.2, -0.15) is 0 Å². The molecule has 0 bridgehead atoms. The Bertz CT molecular complexity index is 477. The molecule has 2 aromatic rings. The van der Waals surface area contributed by atoms with Crippen molar-refractivity contribution in [1.82, 2.24) is 4.57 Å². The van der Waals surface area contributed by atoms with Crippen molar-refractivity contribution >= 4 is 26.8 Å². The van der Waals surface area contributed by atoms with Crippen molar-refractivity contribution < 1.29 is 9.47 Å². The fourth-order valence-electron chi connectivity index (χ4n) is 1.76. The van der Waals surface area contributed by atoms with E-state index >= 15 is 0 Å². The van der Waals surface area contributed by atoms with Crippen molar-refractivity contribution in [2.45, 2.75) is 12.8 Å². The Morgan fingerprint density at radius 1 is 1.25 bits per heavy atom. The highest BCUT2D eigenvalue weighted by Crippen LogP contribution is 2.26. The zero-order valence-corrected chi connectivity index (χ0v) is 10.9. The van der Waals surface area contributed by atoms with Crippen molar-refractivity contribution in [3.63, 3.8) is 0 Å². The average molecular weight is 284 g/mol. The summed E-state index contributed by atoms with van der Waals surface area (Å²) in [6, 6.07) is 8.23. The van der Waals surface area contributed by atoms with E-state index in [-0.39, 0.29) is 6.29 Å². The Balaban J connectivity index is 2.37. The van der Waals surface area contributed by atoms with Crippen molar-refractivity contribution in [2.24, 2.45) is 0 Å². The van der Waals surface area contributed by atoms with Crippen LogP contribution in [-0.2, 0) is 16.0 Å². The molecule has 0 aliphatic carbocycles. The van der Waals surface area contributed by atoms with E-state index in [1.165, 1.54) is 10.9 Å². The van der Waals surface area contributed by atoms with Gasteiger partial charge in [-0.05, 0) is 22.0 Å². The molecule has 0 amide bonds. The summed E-state index contributed by atoms with van der Waals surface area (Å²) in [6.45, 7) is 0.680. The molecular formula is C12H14BrNO2. The fraction of sp³-hybridized carbons (Fsp3) is 0.333. The van der Waals surface area contributed by atoms with E-state index in [9.17, 15) is 0 Å². The second-order valence-electron chi connectivity index (χ2n) is 3.55. The van der Waals surface area contributed by atoms with E-state index in [4.69, 9.17) is 9.47 Å². The predicted octanol–water partition coefficient (Wildman–Crippen LogP) is 3.02. The van der Waals surface area contributed by atoms with E-state index in [0.29, 0.717) is 6.54 Å². The van der Waals surface area contributed by atoms with Crippen LogP contribution in [0, 0.1) is 0 Å². The minimum Gasteiger partial charge on any atom is -0.354 e. The summed E-state index contributed by atoms with van der Waals surface area (Å²) in [5.74, 6) is 0. The Labute approximate surface area is 103 Å². The molecule has 4 heteroatoms. The number of rotatable bonds is 4. The Kier molecular flexibility index (Phi) is 3.63. The van der Waals surface area contributed by atoms with E-state index in [2.05, 4.69) is 38.8 Å². The number of para-hydroxylation sites is 1. The highest BCUT2D eigenvalue weighted by atomic mass is 79.9. The number of benzene rings is 1. The average Bonchev–Trinajstić information content (AvgIpc) is 2.64. The maximum Gasteiger partial charge on any atom is 0.174 e. The number of methoxy groups -OCH3 is 2. The second-order valence-corrected chi connectivity index (χ2v) is 4.40. The van der Waals surface area contributed by atoms with E-state index < -0.39 is 0 Å². The lowest BCUT2D eigenvalue weighted by Crippen LogP contribution is -2.19. The Hall–Kier alpha value is -0.840. The summed E-state index contributed by atoms with van der Waals surface area (Å²) < 4.78 is 13.6. The molecule has 1 aromatic carbocycles. The number of nitrogens with zero attached hydrogens (tertiary/aromatic N) is 1. The third-order valence-corrected chi connectivity index (χ3v) is 3.24. The van der Waals surface area contributed by atoms with Crippen LogP contribution in [0.5, 0.6) is 0 Å². The third-order valence-electron chi connectivity index (χ3n) is 2.61. The van der Waals surface area contributed by atoms with Gasteiger partial charge in [-0.25, -0.2) is 0 Å². The Morgan fingerprint density at radius 3 is 2.62 bits per heavy atom. The largest absolute Gasteiger partial charge is 0.354 e. The van der Waals surface area contributed by atoms with Gasteiger partial charge in [0.2, 0.25) is 0 Å². The van der Waals surface area contributed by atoms with Crippen molar-refractivity contribution in [3.05, 3.63) is 34.9 Å². The molecule has 1 aromatic heterocycles. The molecular weight excluding hydrogens is 270 g/mol. The van der Waals surface area contributed by atoms with Crippen LogP contribution < -0.4 is 0 Å². The normalized spacial score (nSPS) is 11.5. The van der Waals surface area contributed by atoms with Gasteiger partial charge in [0.05, 0.1) is 6.54 Å². The molecule has 0 radical (unpaired) electrons. The molecule has 86 valence electrons. The van der Waals surface area contributed by atoms with Crippen molar-refractivity contribution in [2.75, 3.05) is 14.2 Å². The number of hydrogen-bond donors (Lipinski definition) is 0. The topological polar surface area (TPSA) is 23.4 Å². The number of ether oxygens (including phenoxy) is 2. The van der Waals surface area contributed by atoms with Crippen LogP contribution in [0.2, 0.25) is 0 Å². The predicted molar refractivity (Wildman–Crippen MR) is 67.4 cm³/mol. The summed E-state index contributed by atoms with van der Waals surface area (Å²) in [7, 11) is 3.30. The smallest absolute Gasteiger partial charge is 0.174 e.